The molecule has 3 N–H and O–H groups in total. The van der Waals surface area contributed by atoms with Gasteiger partial charge < -0.3 is 20.7 Å². The van der Waals surface area contributed by atoms with E-state index in [2.05, 4.69) is 22.2 Å². The van der Waals surface area contributed by atoms with Gasteiger partial charge in [0.1, 0.15) is 11.4 Å². The van der Waals surface area contributed by atoms with Crippen molar-refractivity contribution in [1.82, 2.24) is 9.88 Å². The summed E-state index contributed by atoms with van der Waals surface area (Å²) in [6, 6.07) is 4.33. The normalized spacial score (nSPS) is 20.3. The van der Waals surface area contributed by atoms with Crippen molar-refractivity contribution in [2.75, 3.05) is 31.2 Å². The topological polar surface area (TPSA) is 63.4 Å². The summed E-state index contributed by atoms with van der Waals surface area (Å²) < 4.78 is 5.80. The first-order chi connectivity index (χ1) is 9.85. The molecule has 21 heavy (non-hydrogen) atoms. The number of nitrogen functional groups attached to an aromatic ring is 1. The lowest BCUT2D eigenvalue weighted by molar-refractivity contribution is 0.125. The Balaban J connectivity index is 1.98. The van der Waals surface area contributed by atoms with Gasteiger partial charge in [-0.1, -0.05) is 6.42 Å². The molecule has 0 aromatic carbocycles. The van der Waals surface area contributed by atoms with Crippen LogP contribution < -0.4 is 15.8 Å². The van der Waals surface area contributed by atoms with E-state index in [0.29, 0.717) is 17.6 Å². The first-order valence-electron chi connectivity index (χ1n) is 7.75. The number of nitrogens with zero attached hydrogens (tertiary/aromatic N) is 2. The Morgan fingerprint density at radius 3 is 2.81 bits per heavy atom. The zero-order valence-corrected chi connectivity index (χ0v) is 13.6. The number of ether oxygens (including phenoxy) is 1. The van der Waals surface area contributed by atoms with E-state index in [9.17, 15) is 0 Å². The standard InChI is InChI=1S/C16H28N4O/c1-16(2,3)21-15-13(17)8-9-14(19-15)18-11-12-7-5-6-10-20(12)4/h8-9,12H,5-7,10-11,17H2,1-4H3,(H,18,19). The van der Waals surface area contributed by atoms with Crippen LogP contribution in [0.5, 0.6) is 5.88 Å². The summed E-state index contributed by atoms with van der Waals surface area (Å²) in [7, 11) is 2.19. The largest absolute Gasteiger partial charge is 0.470 e. The lowest BCUT2D eigenvalue weighted by atomic mass is 10.0. The SMILES string of the molecule is CN1CCCCC1CNc1ccc(N)c(OC(C)(C)C)n1. The van der Waals surface area contributed by atoms with Gasteiger partial charge in [0, 0.05) is 12.6 Å². The third kappa shape index (κ3) is 4.77. The minimum Gasteiger partial charge on any atom is -0.470 e. The van der Waals surface area contributed by atoms with Gasteiger partial charge in [-0.2, -0.15) is 4.98 Å². The van der Waals surface area contributed by atoms with E-state index in [4.69, 9.17) is 10.5 Å². The van der Waals surface area contributed by atoms with Crippen molar-refractivity contribution in [3.05, 3.63) is 12.1 Å². The summed E-state index contributed by atoms with van der Waals surface area (Å²) in [5.74, 6) is 1.33. The zero-order chi connectivity index (χ0) is 15.5. The number of piperidine rings is 1. The summed E-state index contributed by atoms with van der Waals surface area (Å²) in [5, 5.41) is 3.41. The highest BCUT2D eigenvalue weighted by atomic mass is 16.5. The van der Waals surface area contributed by atoms with Crippen molar-refractivity contribution in [3.63, 3.8) is 0 Å². The quantitative estimate of drug-likeness (QED) is 0.893. The Bertz CT molecular complexity index is 470. The molecule has 1 saturated heterocycles. The Morgan fingerprint density at radius 2 is 2.14 bits per heavy atom. The van der Waals surface area contributed by atoms with Gasteiger partial charge in [0.25, 0.3) is 0 Å². The molecule has 118 valence electrons. The molecule has 0 saturated carbocycles. The summed E-state index contributed by atoms with van der Waals surface area (Å²) in [6.45, 7) is 8.06. The molecular formula is C16H28N4O. The maximum absolute atomic E-state index is 5.93. The molecule has 1 fully saturated rings. The summed E-state index contributed by atoms with van der Waals surface area (Å²) >= 11 is 0. The molecule has 1 aliphatic rings. The number of nitrogens with one attached hydrogen (secondary N) is 1. The maximum Gasteiger partial charge on any atom is 0.239 e. The van der Waals surface area contributed by atoms with Crippen LogP contribution >= 0.6 is 0 Å². The van der Waals surface area contributed by atoms with Crippen molar-refractivity contribution in [3.8, 4) is 5.88 Å². The van der Waals surface area contributed by atoms with Crippen molar-refractivity contribution in [2.24, 2.45) is 0 Å². The van der Waals surface area contributed by atoms with Crippen molar-refractivity contribution in [2.45, 2.75) is 51.7 Å². The number of hydrogen-bond donors (Lipinski definition) is 2. The highest BCUT2D eigenvalue weighted by Gasteiger charge is 2.19. The lowest BCUT2D eigenvalue weighted by Crippen LogP contribution is -2.40. The van der Waals surface area contributed by atoms with Crippen molar-refractivity contribution in [1.29, 1.82) is 0 Å². The van der Waals surface area contributed by atoms with Gasteiger partial charge in [0.15, 0.2) is 0 Å². The molecule has 1 atom stereocenters. The first kappa shape index (κ1) is 15.9. The third-order valence-corrected chi connectivity index (χ3v) is 3.73. The first-order valence-corrected chi connectivity index (χ1v) is 7.75. The smallest absolute Gasteiger partial charge is 0.239 e. The van der Waals surface area contributed by atoms with Crippen LogP contribution in [-0.4, -0.2) is 41.7 Å². The van der Waals surface area contributed by atoms with E-state index < -0.39 is 0 Å². The second kappa shape index (κ2) is 6.52. The van der Waals surface area contributed by atoms with Crippen molar-refractivity contribution < 1.29 is 4.74 Å². The minimum atomic E-state index is -0.302. The molecule has 1 aromatic heterocycles. The van der Waals surface area contributed by atoms with Gasteiger partial charge >= 0.3 is 0 Å². The van der Waals surface area contributed by atoms with E-state index >= 15 is 0 Å². The summed E-state index contributed by atoms with van der Waals surface area (Å²) in [5.41, 5.74) is 6.21. The van der Waals surface area contributed by atoms with E-state index in [0.717, 1.165) is 12.4 Å². The van der Waals surface area contributed by atoms with Crippen LogP contribution in [0.4, 0.5) is 11.5 Å². The molecule has 1 unspecified atom stereocenters. The average molecular weight is 292 g/mol. The number of likely N-dealkylation sites (N-methyl/N-ethyl adjacent to an activating group) is 1. The fourth-order valence-electron chi connectivity index (χ4n) is 2.55. The third-order valence-electron chi connectivity index (χ3n) is 3.73. The zero-order valence-electron chi connectivity index (χ0n) is 13.6. The highest BCUT2D eigenvalue weighted by molar-refractivity contribution is 5.53. The fourth-order valence-corrected chi connectivity index (χ4v) is 2.55. The minimum absolute atomic E-state index is 0.302. The van der Waals surface area contributed by atoms with E-state index in [-0.39, 0.29) is 5.60 Å². The summed E-state index contributed by atoms with van der Waals surface area (Å²) in [6.07, 6.45) is 3.85. The number of hydrogen-bond acceptors (Lipinski definition) is 5. The van der Waals surface area contributed by atoms with Crippen LogP contribution in [0.25, 0.3) is 0 Å². The van der Waals surface area contributed by atoms with Crippen molar-refractivity contribution >= 4 is 11.5 Å². The molecule has 0 amide bonds. The van der Waals surface area contributed by atoms with Gasteiger partial charge in [-0.3, -0.25) is 0 Å². The molecule has 1 aliphatic heterocycles. The Hall–Kier alpha value is -1.49. The molecule has 0 bridgehead atoms. The van der Waals surface area contributed by atoms with Crippen LogP contribution in [0.2, 0.25) is 0 Å². The molecule has 5 heteroatoms. The van der Waals surface area contributed by atoms with Crippen LogP contribution in [0.3, 0.4) is 0 Å². The molecule has 1 aromatic rings. The van der Waals surface area contributed by atoms with Gasteiger partial charge in [-0.25, -0.2) is 0 Å². The van der Waals surface area contributed by atoms with Gasteiger partial charge in [0.05, 0.1) is 5.69 Å². The van der Waals surface area contributed by atoms with Crippen LogP contribution in [0, 0.1) is 0 Å². The van der Waals surface area contributed by atoms with E-state index in [1.54, 1.807) is 0 Å². The van der Waals surface area contributed by atoms with E-state index in [1.807, 2.05) is 32.9 Å². The van der Waals surface area contributed by atoms with Gasteiger partial charge in [0.2, 0.25) is 5.88 Å². The van der Waals surface area contributed by atoms with E-state index in [1.165, 1.54) is 25.8 Å². The predicted molar refractivity (Wildman–Crippen MR) is 87.8 cm³/mol. The molecular weight excluding hydrogens is 264 g/mol. The number of pyridine rings is 1. The molecule has 0 spiro atoms. The molecule has 0 radical (unpaired) electrons. The monoisotopic (exact) mass is 292 g/mol. The van der Waals surface area contributed by atoms with Gasteiger partial charge in [-0.15, -0.1) is 0 Å². The average Bonchev–Trinajstić information content (AvgIpc) is 2.39. The number of rotatable bonds is 4. The maximum atomic E-state index is 5.93. The predicted octanol–water partition coefficient (Wildman–Crippen LogP) is 2.74. The molecule has 0 aliphatic carbocycles. The molecule has 2 heterocycles. The second-order valence-electron chi connectivity index (χ2n) is 6.82. The Labute approximate surface area is 127 Å². The number of likely N-dealkylation sites (tertiary alicyclic amines) is 1. The molecule has 2 rings (SSSR count). The second-order valence-corrected chi connectivity index (χ2v) is 6.82. The Kier molecular flexibility index (Phi) is 4.93. The fraction of sp³-hybridized carbons (Fsp3) is 0.688. The molecule has 5 nitrogen and oxygen atoms in total. The van der Waals surface area contributed by atoms with Crippen LogP contribution in [0.1, 0.15) is 40.0 Å². The number of aromatic nitrogens is 1. The summed E-state index contributed by atoms with van der Waals surface area (Å²) in [4.78, 5) is 6.91. The van der Waals surface area contributed by atoms with Gasteiger partial charge in [-0.05, 0) is 59.3 Å². The van der Waals surface area contributed by atoms with Crippen LogP contribution in [0.15, 0.2) is 12.1 Å². The number of anilines is 2. The lowest BCUT2D eigenvalue weighted by Gasteiger charge is -2.32. The number of nitrogens with two attached hydrogens (primary N) is 1. The van der Waals surface area contributed by atoms with Crippen LogP contribution in [-0.2, 0) is 0 Å². The Morgan fingerprint density at radius 1 is 1.38 bits per heavy atom. The highest BCUT2D eigenvalue weighted by Crippen LogP contribution is 2.25.